The van der Waals surface area contributed by atoms with Crippen molar-refractivity contribution in [2.24, 2.45) is 0 Å². The van der Waals surface area contributed by atoms with Crippen LogP contribution in [0.2, 0.25) is 0 Å². The van der Waals surface area contributed by atoms with Gasteiger partial charge < -0.3 is 9.73 Å². The number of hydrogen-bond acceptors (Lipinski definition) is 5. The van der Waals surface area contributed by atoms with Gasteiger partial charge in [-0.1, -0.05) is 17.7 Å². The summed E-state index contributed by atoms with van der Waals surface area (Å²) in [6.07, 6.45) is 1.49. The number of fused-ring (bicyclic) bond motifs is 1. The maximum atomic E-state index is 12.4. The summed E-state index contributed by atoms with van der Waals surface area (Å²) in [5.74, 6) is -0.0406. The number of nitrogens with one attached hydrogen (secondary N) is 1. The van der Waals surface area contributed by atoms with Gasteiger partial charge >= 0.3 is 0 Å². The Hall–Kier alpha value is -3.48. The molecule has 0 saturated carbocycles. The summed E-state index contributed by atoms with van der Waals surface area (Å²) in [4.78, 5) is 12.4. The molecule has 0 radical (unpaired) electrons. The second-order valence-electron chi connectivity index (χ2n) is 5.41. The third kappa shape index (κ3) is 2.63. The van der Waals surface area contributed by atoms with E-state index in [-0.39, 0.29) is 11.7 Å². The van der Waals surface area contributed by atoms with E-state index >= 15 is 0 Å². The lowest BCUT2D eigenvalue weighted by Crippen LogP contribution is -2.11. The number of nitrogens with zero attached hydrogens (tertiary/aromatic N) is 4. The largest absolute Gasteiger partial charge is 0.451 e. The van der Waals surface area contributed by atoms with Crippen molar-refractivity contribution in [1.29, 1.82) is 0 Å². The lowest BCUT2D eigenvalue weighted by atomic mass is 10.2. The number of amides is 1. The quantitative estimate of drug-likeness (QED) is 0.627. The van der Waals surface area contributed by atoms with Gasteiger partial charge in [0.25, 0.3) is 5.91 Å². The predicted octanol–water partition coefficient (Wildman–Crippen LogP) is 2.97. The van der Waals surface area contributed by atoms with Crippen LogP contribution in [0.25, 0.3) is 16.7 Å². The van der Waals surface area contributed by atoms with Gasteiger partial charge in [-0.05, 0) is 53.7 Å². The number of anilines is 1. The van der Waals surface area contributed by atoms with Crippen LogP contribution in [0.5, 0.6) is 0 Å². The first kappa shape index (κ1) is 14.1. The van der Waals surface area contributed by atoms with Crippen LogP contribution in [-0.2, 0) is 0 Å². The van der Waals surface area contributed by atoms with Crippen molar-refractivity contribution in [3.05, 3.63) is 66.2 Å². The molecule has 1 N–H and O–H groups in total. The number of rotatable bonds is 3. The lowest BCUT2D eigenvalue weighted by Gasteiger charge is -2.05. The minimum Gasteiger partial charge on any atom is -0.451 e. The van der Waals surface area contributed by atoms with E-state index in [0.717, 1.165) is 16.6 Å². The summed E-state index contributed by atoms with van der Waals surface area (Å²) in [5, 5.41) is 14.7. The number of carbonyl (C=O) groups excluding carboxylic acids is 1. The van der Waals surface area contributed by atoms with E-state index in [9.17, 15) is 4.79 Å². The Labute approximate surface area is 136 Å². The van der Waals surface area contributed by atoms with Crippen LogP contribution in [0, 0.1) is 6.92 Å². The smallest absolute Gasteiger partial charge is 0.291 e. The molecule has 2 aromatic heterocycles. The summed E-state index contributed by atoms with van der Waals surface area (Å²) < 4.78 is 7.12. The Balaban J connectivity index is 1.60. The topological polar surface area (TPSA) is 85.8 Å². The Bertz CT molecular complexity index is 1020. The van der Waals surface area contributed by atoms with Gasteiger partial charge in [-0.15, -0.1) is 5.10 Å². The van der Waals surface area contributed by atoms with E-state index in [1.54, 1.807) is 18.2 Å². The molecule has 0 fully saturated rings. The van der Waals surface area contributed by atoms with Gasteiger partial charge in [-0.3, -0.25) is 4.79 Å². The summed E-state index contributed by atoms with van der Waals surface area (Å²) >= 11 is 0. The Morgan fingerprint density at radius 2 is 2.08 bits per heavy atom. The van der Waals surface area contributed by atoms with Crippen LogP contribution < -0.4 is 5.32 Å². The van der Waals surface area contributed by atoms with Gasteiger partial charge in [0.15, 0.2) is 5.76 Å². The molecule has 0 aliphatic rings. The maximum Gasteiger partial charge on any atom is 0.291 e. The number of hydrogen-bond donors (Lipinski definition) is 1. The molecular formula is C17H13N5O2. The predicted molar refractivity (Wildman–Crippen MR) is 88.1 cm³/mol. The second-order valence-corrected chi connectivity index (χ2v) is 5.41. The molecule has 4 aromatic rings. The van der Waals surface area contributed by atoms with Gasteiger partial charge in [0, 0.05) is 11.1 Å². The van der Waals surface area contributed by atoms with Crippen LogP contribution in [0.15, 0.2) is 59.3 Å². The number of aryl methyl sites for hydroxylation is 1. The number of furan rings is 1. The lowest BCUT2D eigenvalue weighted by molar-refractivity contribution is 0.0998. The zero-order chi connectivity index (χ0) is 16.5. The minimum atomic E-state index is -0.308. The molecular weight excluding hydrogens is 306 g/mol. The normalized spacial score (nSPS) is 10.9. The highest BCUT2D eigenvalue weighted by Crippen LogP contribution is 2.22. The first-order chi connectivity index (χ1) is 11.7. The number of tetrazole rings is 1. The Morgan fingerprint density at radius 1 is 1.17 bits per heavy atom. The first-order valence-corrected chi connectivity index (χ1v) is 7.34. The summed E-state index contributed by atoms with van der Waals surface area (Å²) in [6.45, 7) is 2.00. The number of aromatic nitrogens is 4. The number of benzene rings is 2. The average Bonchev–Trinajstić information content (AvgIpc) is 3.24. The van der Waals surface area contributed by atoms with Crippen molar-refractivity contribution in [2.45, 2.75) is 6.92 Å². The van der Waals surface area contributed by atoms with E-state index in [1.807, 2.05) is 37.3 Å². The molecule has 0 aliphatic carbocycles. The van der Waals surface area contributed by atoms with Crippen molar-refractivity contribution in [2.75, 3.05) is 5.32 Å². The zero-order valence-electron chi connectivity index (χ0n) is 12.8. The SMILES string of the molecule is Cc1ccc2oc(C(=O)Nc3cccc(-n4cnnn4)c3)cc2c1. The molecule has 7 nitrogen and oxygen atoms in total. The van der Waals surface area contributed by atoms with Crippen molar-refractivity contribution < 1.29 is 9.21 Å². The molecule has 4 rings (SSSR count). The van der Waals surface area contributed by atoms with E-state index in [4.69, 9.17) is 4.42 Å². The monoisotopic (exact) mass is 319 g/mol. The van der Waals surface area contributed by atoms with Crippen LogP contribution in [0.1, 0.15) is 16.1 Å². The van der Waals surface area contributed by atoms with E-state index in [0.29, 0.717) is 11.3 Å². The van der Waals surface area contributed by atoms with Crippen LogP contribution in [0.3, 0.4) is 0 Å². The molecule has 118 valence electrons. The fourth-order valence-electron chi connectivity index (χ4n) is 2.47. The van der Waals surface area contributed by atoms with E-state index in [2.05, 4.69) is 20.8 Å². The van der Waals surface area contributed by atoms with Crippen molar-refractivity contribution in [3.8, 4) is 5.69 Å². The summed E-state index contributed by atoms with van der Waals surface area (Å²) in [7, 11) is 0. The van der Waals surface area contributed by atoms with E-state index in [1.165, 1.54) is 11.0 Å². The Kier molecular flexibility index (Phi) is 3.31. The van der Waals surface area contributed by atoms with Gasteiger partial charge in [-0.25, -0.2) is 4.68 Å². The van der Waals surface area contributed by atoms with Gasteiger partial charge in [0.2, 0.25) is 0 Å². The molecule has 24 heavy (non-hydrogen) atoms. The summed E-state index contributed by atoms with van der Waals surface area (Å²) in [5.41, 5.74) is 3.18. The highest BCUT2D eigenvalue weighted by atomic mass is 16.3. The molecule has 7 heteroatoms. The van der Waals surface area contributed by atoms with Crippen molar-refractivity contribution in [3.63, 3.8) is 0 Å². The fraction of sp³-hybridized carbons (Fsp3) is 0.0588. The minimum absolute atomic E-state index is 0.267. The highest BCUT2D eigenvalue weighted by molar-refractivity contribution is 6.04. The first-order valence-electron chi connectivity index (χ1n) is 7.34. The standard InChI is InChI=1S/C17H13N5O2/c1-11-5-6-15-12(7-11)8-16(24-15)17(23)19-13-3-2-4-14(9-13)22-10-18-20-21-22/h2-10H,1H3,(H,19,23). The van der Waals surface area contributed by atoms with Crippen LogP contribution in [-0.4, -0.2) is 26.1 Å². The van der Waals surface area contributed by atoms with Gasteiger partial charge in [0.1, 0.15) is 11.9 Å². The van der Waals surface area contributed by atoms with Gasteiger partial charge in [-0.2, -0.15) is 0 Å². The molecule has 0 atom stereocenters. The van der Waals surface area contributed by atoms with Crippen molar-refractivity contribution >= 4 is 22.6 Å². The molecule has 0 unspecified atom stereocenters. The van der Waals surface area contributed by atoms with E-state index < -0.39 is 0 Å². The highest BCUT2D eigenvalue weighted by Gasteiger charge is 2.13. The summed E-state index contributed by atoms with van der Waals surface area (Å²) in [6, 6.07) is 14.8. The molecule has 0 bridgehead atoms. The van der Waals surface area contributed by atoms with Crippen LogP contribution >= 0.6 is 0 Å². The zero-order valence-corrected chi connectivity index (χ0v) is 12.8. The second kappa shape index (κ2) is 5.62. The third-order valence-corrected chi connectivity index (χ3v) is 3.61. The molecule has 2 aromatic carbocycles. The third-order valence-electron chi connectivity index (χ3n) is 3.61. The number of carbonyl (C=O) groups is 1. The Morgan fingerprint density at radius 3 is 2.92 bits per heavy atom. The average molecular weight is 319 g/mol. The molecule has 0 saturated heterocycles. The molecule has 1 amide bonds. The van der Waals surface area contributed by atoms with Crippen molar-refractivity contribution in [1.82, 2.24) is 20.2 Å². The fourth-order valence-corrected chi connectivity index (χ4v) is 2.47. The van der Waals surface area contributed by atoms with Crippen LogP contribution in [0.4, 0.5) is 5.69 Å². The molecule has 0 spiro atoms. The maximum absolute atomic E-state index is 12.4. The molecule has 0 aliphatic heterocycles. The molecule has 2 heterocycles. The van der Waals surface area contributed by atoms with Gasteiger partial charge in [0.05, 0.1) is 5.69 Å².